The summed E-state index contributed by atoms with van der Waals surface area (Å²) in [5.41, 5.74) is 1.91. The first-order chi connectivity index (χ1) is 13.1. The van der Waals surface area contributed by atoms with Crippen LogP contribution in [0, 0.1) is 0 Å². The lowest BCUT2D eigenvalue weighted by Crippen LogP contribution is -2.22. The number of amides is 1. The Morgan fingerprint density at radius 1 is 1.11 bits per heavy atom. The maximum atomic E-state index is 12.3. The number of aromatic nitrogens is 1. The van der Waals surface area contributed by atoms with Gasteiger partial charge < -0.3 is 4.74 Å². The van der Waals surface area contributed by atoms with Crippen LogP contribution in [0.25, 0.3) is 6.08 Å². The Kier molecular flexibility index (Phi) is 5.78. The van der Waals surface area contributed by atoms with Crippen LogP contribution in [-0.4, -0.2) is 23.8 Å². The Morgan fingerprint density at radius 3 is 2.59 bits per heavy atom. The minimum absolute atomic E-state index is 0.126. The van der Waals surface area contributed by atoms with E-state index in [4.69, 9.17) is 4.74 Å². The van der Waals surface area contributed by atoms with Crippen LogP contribution in [0.5, 0.6) is 5.75 Å². The molecule has 5 nitrogen and oxygen atoms in total. The molecule has 27 heavy (non-hydrogen) atoms. The topological polar surface area (TPSA) is 59.5 Å². The number of rotatable bonds is 6. The van der Waals surface area contributed by atoms with Crippen LogP contribution in [0.3, 0.4) is 0 Å². The van der Waals surface area contributed by atoms with Crippen LogP contribution in [0.2, 0.25) is 0 Å². The van der Waals surface area contributed by atoms with Crippen LogP contribution in [-0.2, 0) is 4.79 Å². The highest BCUT2D eigenvalue weighted by Gasteiger charge is 2.17. The number of carbonyl (C=O) groups excluding carboxylic acids is 2. The number of allylic oxidation sites excluding steroid dienone is 1. The zero-order valence-corrected chi connectivity index (χ0v) is 15.8. The predicted molar refractivity (Wildman–Crippen MR) is 108 cm³/mol. The number of anilines is 2. The number of methoxy groups -OCH3 is 1. The molecule has 0 saturated carbocycles. The minimum Gasteiger partial charge on any atom is -0.497 e. The highest BCUT2D eigenvalue weighted by molar-refractivity contribution is 7.14. The molecule has 0 fully saturated rings. The number of ketones is 1. The first-order valence-electron chi connectivity index (χ1n) is 8.26. The highest BCUT2D eigenvalue weighted by Crippen LogP contribution is 2.29. The van der Waals surface area contributed by atoms with Gasteiger partial charge in [0.05, 0.1) is 18.5 Å². The molecule has 136 valence electrons. The van der Waals surface area contributed by atoms with Gasteiger partial charge in [0.1, 0.15) is 5.75 Å². The molecule has 1 amide bonds. The molecule has 0 bridgehead atoms. The molecule has 2 aromatic carbocycles. The Balaban J connectivity index is 1.79. The summed E-state index contributed by atoms with van der Waals surface area (Å²) in [4.78, 5) is 30.4. The Morgan fingerprint density at radius 2 is 1.89 bits per heavy atom. The van der Waals surface area contributed by atoms with Gasteiger partial charge in [0, 0.05) is 17.9 Å². The molecule has 0 aliphatic rings. The number of para-hydroxylation sites is 1. The summed E-state index contributed by atoms with van der Waals surface area (Å²) in [5.74, 6) is 0.360. The molecular weight excluding hydrogens is 360 g/mol. The number of benzene rings is 2. The van der Waals surface area contributed by atoms with Gasteiger partial charge in [-0.1, -0.05) is 30.3 Å². The fraction of sp³-hybridized carbons (Fsp3) is 0.0952. The normalized spacial score (nSPS) is 10.7. The van der Waals surface area contributed by atoms with Gasteiger partial charge in [0.25, 0.3) is 0 Å². The molecule has 0 atom stereocenters. The molecule has 0 unspecified atom stereocenters. The molecule has 0 spiro atoms. The molecule has 0 saturated heterocycles. The maximum Gasteiger partial charge on any atom is 0.230 e. The molecule has 0 radical (unpaired) electrons. The van der Waals surface area contributed by atoms with Gasteiger partial charge in [0.2, 0.25) is 5.91 Å². The third-order valence-corrected chi connectivity index (χ3v) is 4.63. The van der Waals surface area contributed by atoms with Gasteiger partial charge in [-0.05, 0) is 36.4 Å². The van der Waals surface area contributed by atoms with Gasteiger partial charge in [-0.2, -0.15) is 0 Å². The molecule has 3 aromatic rings. The van der Waals surface area contributed by atoms with E-state index in [-0.39, 0.29) is 11.7 Å². The van der Waals surface area contributed by atoms with Crippen LogP contribution < -0.4 is 9.64 Å². The summed E-state index contributed by atoms with van der Waals surface area (Å²) < 4.78 is 5.14. The predicted octanol–water partition coefficient (Wildman–Crippen LogP) is 4.73. The molecule has 0 aliphatic heterocycles. The standard InChI is InChI=1S/C21H18N2O3S/c1-15(24)23(18-8-4-3-5-9-18)21-22-17(14-27-21)11-12-20(25)16-7-6-10-19(13-16)26-2/h3-14H,1-2H3/b12-11+. The summed E-state index contributed by atoms with van der Waals surface area (Å²) >= 11 is 1.35. The number of ether oxygens (including phenoxy) is 1. The van der Waals surface area contributed by atoms with Crippen molar-refractivity contribution < 1.29 is 14.3 Å². The van der Waals surface area contributed by atoms with Crippen LogP contribution in [0.1, 0.15) is 23.0 Å². The second-order valence-corrected chi connectivity index (χ2v) is 6.51. The minimum atomic E-state index is -0.144. The summed E-state index contributed by atoms with van der Waals surface area (Å²) in [6.45, 7) is 1.50. The van der Waals surface area contributed by atoms with Gasteiger partial charge >= 0.3 is 0 Å². The quantitative estimate of drug-likeness (QED) is 0.459. The summed E-state index contributed by atoms with van der Waals surface area (Å²) in [5, 5.41) is 2.37. The van der Waals surface area contributed by atoms with E-state index >= 15 is 0 Å². The monoisotopic (exact) mass is 378 g/mol. The fourth-order valence-corrected chi connectivity index (χ4v) is 3.35. The van der Waals surface area contributed by atoms with Crippen molar-refractivity contribution in [3.63, 3.8) is 0 Å². The molecule has 1 aromatic heterocycles. The van der Waals surface area contributed by atoms with Crippen molar-refractivity contribution in [3.05, 3.63) is 77.3 Å². The Labute approximate surface area is 161 Å². The molecule has 6 heteroatoms. The van der Waals surface area contributed by atoms with Crippen molar-refractivity contribution in [2.24, 2.45) is 0 Å². The average Bonchev–Trinajstić information content (AvgIpc) is 3.15. The Bertz CT molecular complexity index is 980. The zero-order chi connectivity index (χ0) is 19.2. The number of thiazole rings is 1. The molecule has 0 aliphatic carbocycles. The van der Waals surface area contributed by atoms with Crippen LogP contribution >= 0.6 is 11.3 Å². The molecule has 0 N–H and O–H groups in total. The van der Waals surface area contributed by atoms with E-state index in [1.165, 1.54) is 24.3 Å². The summed E-state index contributed by atoms with van der Waals surface area (Å²) in [6.07, 6.45) is 3.11. The van der Waals surface area contributed by atoms with Crippen molar-refractivity contribution >= 4 is 39.9 Å². The van der Waals surface area contributed by atoms with E-state index in [2.05, 4.69) is 4.98 Å². The van der Waals surface area contributed by atoms with Crippen LogP contribution in [0.4, 0.5) is 10.8 Å². The summed E-state index contributed by atoms with van der Waals surface area (Å²) in [7, 11) is 1.56. The molecule has 1 heterocycles. The fourth-order valence-electron chi connectivity index (χ4n) is 2.49. The second kappa shape index (κ2) is 8.42. The van der Waals surface area contributed by atoms with E-state index < -0.39 is 0 Å². The maximum absolute atomic E-state index is 12.3. The SMILES string of the molecule is COc1cccc(C(=O)/C=C/c2csc(N(C(C)=O)c3ccccc3)n2)c1. The molecule has 3 rings (SSSR count). The van der Waals surface area contributed by atoms with Crippen molar-refractivity contribution in [1.82, 2.24) is 4.98 Å². The van der Waals surface area contributed by atoms with E-state index in [1.54, 1.807) is 42.4 Å². The highest BCUT2D eigenvalue weighted by atomic mass is 32.1. The van der Waals surface area contributed by atoms with E-state index in [0.717, 1.165) is 5.69 Å². The van der Waals surface area contributed by atoms with Crippen molar-refractivity contribution in [2.75, 3.05) is 12.0 Å². The van der Waals surface area contributed by atoms with E-state index in [9.17, 15) is 9.59 Å². The van der Waals surface area contributed by atoms with E-state index in [1.807, 2.05) is 35.7 Å². The second-order valence-electron chi connectivity index (χ2n) is 5.67. The number of hydrogen-bond acceptors (Lipinski definition) is 5. The lowest BCUT2D eigenvalue weighted by molar-refractivity contribution is -0.115. The summed E-state index contributed by atoms with van der Waals surface area (Å²) in [6, 6.07) is 16.3. The van der Waals surface area contributed by atoms with Gasteiger partial charge in [-0.25, -0.2) is 4.98 Å². The smallest absolute Gasteiger partial charge is 0.230 e. The first-order valence-corrected chi connectivity index (χ1v) is 9.14. The third-order valence-electron chi connectivity index (χ3n) is 3.79. The molecular formula is C21H18N2O3S. The van der Waals surface area contributed by atoms with E-state index in [0.29, 0.717) is 22.1 Å². The van der Waals surface area contributed by atoms with Crippen molar-refractivity contribution in [1.29, 1.82) is 0 Å². The number of nitrogens with zero attached hydrogens (tertiary/aromatic N) is 2. The van der Waals surface area contributed by atoms with Gasteiger partial charge in [-0.3, -0.25) is 14.5 Å². The third kappa shape index (κ3) is 4.48. The average molecular weight is 378 g/mol. The number of hydrogen-bond donors (Lipinski definition) is 0. The van der Waals surface area contributed by atoms with Crippen molar-refractivity contribution in [3.8, 4) is 5.75 Å². The number of carbonyl (C=O) groups is 2. The largest absolute Gasteiger partial charge is 0.497 e. The first kappa shape index (κ1) is 18.5. The van der Waals surface area contributed by atoms with Gasteiger partial charge in [0.15, 0.2) is 10.9 Å². The van der Waals surface area contributed by atoms with Gasteiger partial charge in [-0.15, -0.1) is 11.3 Å². The van der Waals surface area contributed by atoms with Crippen LogP contribution in [0.15, 0.2) is 66.1 Å². The lowest BCUT2D eigenvalue weighted by Gasteiger charge is -2.17. The Hall–Kier alpha value is -3.25. The zero-order valence-electron chi connectivity index (χ0n) is 15.0. The van der Waals surface area contributed by atoms with Crippen molar-refractivity contribution in [2.45, 2.75) is 6.92 Å². The lowest BCUT2D eigenvalue weighted by atomic mass is 10.1.